The molecular formula is C22H22N4O3. The van der Waals surface area contributed by atoms with E-state index in [-0.39, 0.29) is 17.4 Å². The molecule has 2 N–H and O–H groups in total. The Morgan fingerprint density at radius 2 is 1.83 bits per heavy atom. The molecule has 0 fully saturated rings. The summed E-state index contributed by atoms with van der Waals surface area (Å²) in [6, 6.07) is 16.2. The Bertz CT molecular complexity index is 1000. The molecule has 7 nitrogen and oxygen atoms in total. The van der Waals surface area contributed by atoms with E-state index in [0.29, 0.717) is 23.6 Å². The largest absolute Gasteiger partial charge is 0.497 e. The van der Waals surface area contributed by atoms with Crippen molar-refractivity contribution in [1.29, 1.82) is 0 Å². The molecule has 0 atom stereocenters. The molecule has 2 aromatic carbocycles. The Hall–Kier alpha value is -3.74. The van der Waals surface area contributed by atoms with Gasteiger partial charge in [0.1, 0.15) is 23.6 Å². The number of hydrogen-bond donors (Lipinski definition) is 2. The number of ketones is 1. The lowest BCUT2D eigenvalue weighted by Gasteiger charge is -2.09. The van der Waals surface area contributed by atoms with Gasteiger partial charge in [0.05, 0.1) is 7.11 Å². The quantitative estimate of drug-likeness (QED) is 0.571. The maximum atomic E-state index is 12.5. The van der Waals surface area contributed by atoms with Crippen LogP contribution in [0.4, 0.5) is 11.5 Å². The van der Waals surface area contributed by atoms with E-state index >= 15 is 0 Å². The van der Waals surface area contributed by atoms with Crippen molar-refractivity contribution >= 4 is 23.2 Å². The Balaban J connectivity index is 1.58. The number of nitrogens with one attached hydrogen (secondary N) is 2. The molecule has 1 aromatic heterocycles. The summed E-state index contributed by atoms with van der Waals surface area (Å²) < 4.78 is 5.15. The van der Waals surface area contributed by atoms with Gasteiger partial charge in [0.25, 0.3) is 5.91 Å². The van der Waals surface area contributed by atoms with Crippen LogP contribution in [0.5, 0.6) is 5.75 Å². The SMILES string of the molecule is COc1ccc(CCNc2cc(C(=O)Nc3cccc(C(C)=O)c3)ncn2)cc1. The number of anilines is 2. The number of carbonyl (C=O) groups excluding carboxylic acids is 2. The molecule has 3 rings (SSSR count). The first kappa shape index (κ1) is 20.0. The van der Waals surface area contributed by atoms with E-state index < -0.39 is 0 Å². The minimum atomic E-state index is -0.369. The molecule has 0 aliphatic rings. The maximum Gasteiger partial charge on any atom is 0.274 e. The zero-order valence-corrected chi connectivity index (χ0v) is 16.3. The van der Waals surface area contributed by atoms with Crippen LogP contribution in [-0.4, -0.2) is 35.3 Å². The Morgan fingerprint density at radius 1 is 1.03 bits per heavy atom. The van der Waals surface area contributed by atoms with Gasteiger partial charge in [-0.05, 0) is 43.2 Å². The monoisotopic (exact) mass is 390 g/mol. The molecule has 148 valence electrons. The number of amides is 1. The van der Waals surface area contributed by atoms with E-state index in [4.69, 9.17) is 4.74 Å². The summed E-state index contributed by atoms with van der Waals surface area (Å²) in [4.78, 5) is 32.2. The molecule has 0 saturated heterocycles. The van der Waals surface area contributed by atoms with Crippen LogP contribution >= 0.6 is 0 Å². The van der Waals surface area contributed by atoms with Crippen molar-refractivity contribution < 1.29 is 14.3 Å². The predicted octanol–water partition coefficient (Wildman–Crippen LogP) is 3.59. The second-order valence-electron chi connectivity index (χ2n) is 6.40. The number of nitrogens with zero attached hydrogens (tertiary/aromatic N) is 2. The lowest BCUT2D eigenvalue weighted by atomic mass is 10.1. The lowest BCUT2D eigenvalue weighted by molar-refractivity contribution is 0.100. The van der Waals surface area contributed by atoms with Crippen LogP contribution in [-0.2, 0) is 6.42 Å². The molecule has 0 saturated carbocycles. The van der Waals surface area contributed by atoms with Crippen LogP contribution in [0.15, 0.2) is 60.9 Å². The first-order valence-electron chi connectivity index (χ1n) is 9.16. The molecule has 0 radical (unpaired) electrons. The molecule has 1 heterocycles. The van der Waals surface area contributed by atoms with Crippen LogP contribution < -0.4 is 15.4 Å². The van der Waals surface area contributed by atoms with Crippen molar-refractivity contribution in [3.63, 3.8) is 0 Å². The fraction of sp³-hybridized carbons (Fsp3) is 0.182. The fourth-order valence-electron chi connectivity index (χ4n) is 2.72. The third kappa shape index (κ3) is 5.62. The summed E-state index contributed by atoms with van der Waals surface area (Å²) in [6.45, 7) is 2.14. The highest BCUT2D eigenvalue weighted by atomic mass is 16.5. The summed E-state index contributed by atoms with van der Waals surface area (Å²) >= 11 is 0. The minimum Gasteiger partial charge on any atom is -0.497 e. The molecule has 0 bridgehead atoms. The molecule has 0 unspecified atom stereocenters. The van der Waals surface area contributed by atoms with Crippen molar-refractivity contribution in [2.45, 2.75) is 13.3 Å². The summed E-state index contributed by atoms with van der Waals surface area (Å²) in [5.41, 5.74) is 2.47. The highest BCUT2D eigenvalue weighted by Gasteiger charge is 2.10. The zero-order valence-electron chi connectivity index (χ0n) is 16.3. The van der Waals surface area contributed by atoms with Gasteiger partial charge in [-0.1, -0.05) is 24.3 Å². The van der Waals surface area contributed by atoms with Gasteiger partial charge in [-0.15, -0.1) is 0 Å². The molecule has 0 aliphatic heterocycles. The average molecular weight is 390 g/mol. The Labute approximate surface area is 169 Å². The van der Waals surface area contributed by atoms with Gasteiger partial charge in [0.15, 0.2) is 5.78 Å². The molecule has 1 amide bonds. The maximum absolute atomic E-state index is 12.5. The van der Waals surface area contributed by atoms with Gasteiger partial charge in [-0.3, -0.25) is 9.59 Å². The second kappa shape index (κ2) is 9.45. The highest BCUT2D eigenvalue weighted by molar-refractivity contribution is 6.04. The van der Waals surface area contributed by atoms with Gasteiger partial charge in [0, 0.05) is 23.9 Å². The molecule has 0 aliphatic carbocycles. The van der Waals surface area contributed by atoms with Crippen molar-refractivity contribution in [3.8, 4) is 5.75 Å². The second-order valence-corrected chi connectivity index (χ2v) is 6.40. The third-order valence-electron chi connectivity index (χ3n) is 4.31. The Kier molecular flexibility index (Phi) is 6.52. The third-order valence-corrected chi connectivity index (χ3v) is 4.31. The standard InChI is InChI=1S/C22H22N4O3/c1-15(27)17-4-3-5-18(12-17)26-22(28)20-13-21(25-14-24-20)23-11-10-16-6-8-19(29-2)9-7-16/h3-9,12-14H,10-11H2,1-2H3,(H,26,28)(H,23,24,25). The van der Waals surface area contributed by atoms with E-state index in [1.165, 1.54) is 13.3 Å². The smallest absolute Gasteiger partial charge is 0.274 e. The number of methoxy groups -OCH3 is 1. The summed E-state index contributed by atoms with van der Waals surface area (Å²) in [5, 5.41) is 5.95. The minimum absolute atomic E-state index is 0.0634. The van der Waals surface area contributed by atoms with E-state index in [1.54, 1.807) is 37.4 Å². The predicted molar refractivity (Wildman–Crippen MR) is 112 cm³/mol. The van der Waals surface area contributed by atoms with Crippen LogP contribution in [0.1, 0.15) is 33.3 Å². The number of benzene rings is 2. The van der Waals surface area contributed by atoms with Crippen LogP contribution in [0.25, 0.3) is 0 Å². The highest BCUT2D eigenvalue weighted by Crippen LogP contribution is 2.14. The summed E-state index contributed by atoms with van der Waals surface area (Å²) in [5.74, 6) is 0.955. The normalized spacial score (nSPS) is 10.3. The number of aromatic nitrogens is 2. The van der Waals surface area contributed by atoms with E-state index in [9.17, 15) is 9.59 Å². The van der Waals surface area contributed by atoms with Gasteiger partial charge >= 0.3 is 0 Å². The summed E-state index contributed by atoms with van der Waals surface area (Å²) in [7, 11) is 1.64. The lowest BCUT2D eigenvalue weighted by Crippen LogP contribution is -2.15. The van der Waals surface area contributed by atoms with Crippen LogP contribution in [0.3, 0.4) is 0 Å². The number of Topliss-reactive ketones (excluding diaryl/α,β-unsaturated/α-hetero) is 1. The molecule has 7 heteroatoms. The number of rotatable bonds is 8. The average Bonchev–Trinajstić information content (AvgIpc) is 2.74. The number of hydrogen-bond acceptors (Lipinski definition) is 6. The molecule has 29 heavy (non-hydrogen) atoms. The van der Waals surface area contributed by atoms with E-state index in [2.05, 4.69) is 20.6 Å². The van der Waals surface area contributed by atoms with Gasteiger partial charge < -0.3 is 15.4 Å². The van der Waals surface area contributed by atoms with Gasteiger partial charge in [-0.2, -0.15) is 0 Å². The van der Waals surface area contributed by atoms with Gasteiger partial charge in [-0.25, -0.2) is 9.97 Å². The first-order chi connectivity index (χ1) is 14.0. The van der Waals surface area contributed by atoms with Crippen LogP contribution in [0.2, 0.25) is 0 Å². The van der Waals surface area contributed by atoms with E-state index in [0.717, 1.165) is 17.7 Å². The Morgan fingerprint density at radius 3 is 2.55 bits per heavy atom. The van der Waals surface area contributed by atoms with E-state index in [1.807, 2.05) is 24.3 Å². The first-order valence-corrected chi connectivity index (χ1v) is 9.16. The van der Waals surface area contributed by atoms with Crippen molar-refractivity contribution in [1.82, 2.24) is 9.97 Å². The van der Waals surface area contributed by atoms with Crippen molar-refractivity contribution in [3.05, 3.63) is 77.7 Å². The molecule has 0 spiro atoms. The zero-order chi connectivity index (χ0) is 20.6. The van der Waals surface area contributed by atoms with Gasteiger partial charge in [0.2, 0.25) is 0 Å². The topological polar surface area (TPSA) is 93.2 Å². The number of ether oxygens (including phenoxy) is 1. The van der Waals surface area contributed by atoms with Crippen LogP contribution in [0, 0.1) is 0 Å². The van der Waals surface area contributed by atoms with Crippen molar-refractivity contribution in [2.75, 3.05) is 24.3 Å². The molecular weight excluding hydrogens is 368 g/mol. The molecule has 3 aromatic rings. The van der Waals surface area contributed by atoms with Crippen molar-refractivity contribution in [2.24, 2.45) is 0 Å². The number of carbonyl (C=O) groups is 2. The summed E-state index contributed by atoms with van der Waals surface area (Å²) in [6.07, 6.45) is 2.14. The fourth-order valence-corrected chi connectivity index (χ4v) is 2.72.